The zero-order chi connectivity index (χ0) is 18.4. The highest BCUT2D eigenvalue weighted by Gasteiger charge is 2.12. The van der Waals surface area contributed by atoms with Gasteiger partial charge < -0.3 is 15.9 Å². The molecule has 0 atom stereocenters. The molecular formula is C16H21N5O3S. The third kappa shape index (κ3) is 5.21. The van der Waals surface area contributed by atoms with Crippen LogP contribution in [0.5, 0.6) is 0 Å². The SMILES string of the molecule is CCc1nnc(SCC(=O)Nc2ccc(C(=O)OC(C)C)cc2)n1N. The number of aromatic nitrogens is 3. The second-order valence-electron chi connectivity index (χ2n) is 5.49. The van der Waals surface area contributed by atoms with E-state index >= 15 is 0 Å². The van der Waals surface area contributed by atoms with Crippen molar-refractivity contribution < 1.29 is 14.3 Å². The first-order chi connectivity index (χ1) is 11.9. The summed E-state index contributed by atoms with van der Waals surface area (Å²) in [4.78, 5) is 23.8. The van der Waals surface area contributed by atoms with Gasteiger partial charge in [0, 0.05) is 12.1 Å². The van der Waals surface area contributed by atoms with Gasteiger partial charge in [-0.25, -0.2) is 9.47 Å². The summed E-state index contributed by atoms with van der Waals surface area (Å²) in [5.74, 6) is 6.04. The molecule has 9 heteroatoms. The summed E-state index contributed by atoms with van der Waals surface area (Å²) in [6.45, 7) is 5.50. The Kier molecular flexibility index (Phi) is 6.40. The number of aryl methyl sites for hydroxylation is 1. The van der Waals surface area contributed by atoms with E-state index in [2.05, 4.69) is 15.5 Å². The van der Waals surface area contributed by atoms with Gasteiger partial charge in [0.25, 0.3) is 0 Å². The van der Waals surface area contributed by atoms with E-state index in [1.807, 2.05) is 6.92 Å². The number of nitrogens with one attached hydrogen (secondary N) is 1. The summed E-state index contributed by atoms with van der Waals surface area (Å²) in [5, 5.41) is 11.1. The van der Waals surface area contributed by atoms with Gasteiger partial charge in [0.1, 0.15) is 0 Å². The minimum Gasteiger partial charge on any atom is -0.459 e. The Balaban J connectivity index is 1.88. The van der Waals surface area contributed by atoms with Crippen molar-refractivity contribution in [2.45, 2.75) is 38.5 Å². The highest BCUT2D eigenvalue weighted by Crippen LogP contribution is 2.16. The number of esters is 1. The van der Waals surface area contributed by atoms with E-state index in [4.69, 9.17) is 10.6 Å². The average molecular weight is 363 g/mol. The number of thioether (sulfide) groups is 1. The highest BCUT2D eigenvalue weighted by molar-refractivity contribution is 7.99. The molecule has 3 N–H and O–H groups in total. The smallest absolute Gasteiger partial charge is 0.338 e. The van der Waals surface area contributed by atoms with Crippen LogP contribution in [0.2, 0.25) is 0 Å². The van der Waals surface area contributed by atoms with Crippen LogP contribution in [0.25, 0.3) is 0 Å². The van der Waals surface area contributed by atoms with Crippen molar-refractivity contribution in [3.63, 3.8) is 0 Å². The van der Waals surface area contributed by atoms with E-state index in [0.717, 1.165) is 0 Å². The maximum atomic E-state index is 12.0. The summed E-state index contributed by atoms with van der Waals surface area (Å²) >= 11 is 1.20. The molecule has 0 bridgehead atoms. The molecule has 0 spiro atoms. The number of nitrogens with two attached hydrogens (primary N) is 1. The lowest BCUT2D eigenvalue weighted by molar-refractivity contribution is -0.113. The molecule has 0 aliphatic carbocycles. The van der Waals surface area contributed by atoms with Crippen LogP contribution in [0.15, 0.2) is 29.4 Å². The van der Waals surface area contributed by atoms with Gasteiger partial charge in [-0.3, -0.25) is 4.79 Å². The van der Waals surface area contributed by atoms with Crippen LogP contribution in [-0.2, 0) is 16.0 Å². The predicted octanol–water partition coefficient (Wildman–Crippen LogP) is 1.85. The van der Waals surface area contributed by atoms with E-state index in [-0.39, 0.29) is 17.8 Å². The Morgan fingerprint density at radius 2 is 1.96 bits per heavy atom. The van der Waals surface area contributed by atoms with Crippen LogP contribution in [0.3, 0.4) is 0 Å². The van der Waals surface area contributed by atoms with Crippen LogP contribution < -0.4 is 11.2 Å². The number of hydrogen-bond donors (Lipinski definition) is 2. The second-order valence-corrected chi connectivity index (χ2v) is 6.43. The van der Waals surface area contributed by atoms with Gasteiger partial charge in [0.15, 0.2) is 5.82 Å². The van der Waals surface area contributed by atoms with E-state index in [1.54, 1.807) is 38.1 Å². The first-order valence-electron chi connectivity index (χ1n) is 7.83. The van der Waals surface area contributed by atoms with Crippen LogP contribution in [0, 0.1) is 0 Å². The van der Waals surface area contributed by atoms with Crippen molar-refractivity contribution in [1.82, 2.24) is 14.9 Å². The predicted molar refractivity (Wildman–Crippen MR) is 95.9 cm³/mol. The zero-order valence-corrected chi connectivity index (χ0v) is 15.2. The molecule has 8 nitrogen and oxygen atoms in total. The Labute approximate surface area is 150 Å². The van der Waals surface area contributed by atoms with Crippen molar-refractivity contribution >= 4 is 29.3 Å². The molecule has 1 amide bonds. The second kappa shape index (κ2) is 8.52. The number of hydrogen-bond acceptors (Lipinski definition) is 7. The van der Waals surface area contributed by atoms with Crippen LogP contribution in [0.4, 0.5) is 5.69 Å². The zero-order valence-electron chi connectivity index (χ0n) is 14.4. The molecule has 25 heavy (non-hydrogen) atoms. The van der Waals surface area contributed by atoms with E-state index < -0.39 is 5.97 Å². The Morgan fingerprint density at radius 3 is 2.52 bits per heavy atom. The maximum absolute atomic E-state index is 12.0. The minimum atomic E-state index is -0.391. The number of carbonyl (C=O) groups is 2. The molecule has 1 aromatic carbocycles. The third-order valence-electron chi connectivity index (χ3n) is 3.13. The molecular weight excluding hydrogens is 342 g/mol. The topological polar surface area (TPSA) is 112 Å². The van der Waals surface area contributed by atoms with Gasteiger partial charge in [-0.05, 0) is 38.1 Å². The number of rotatable bonds is 7. The first-order valence-corrected chi connectivity index (χ1v) is 8.82. The standard InChI is InChI=1S/C16H21N5O3S/c1-4-13-19-20-16(21(13)17)25-9-14(22)18-12-7-5-11(6-8-12)15(23)24-10(2)3/h5-8,10H,4,9,17H2,1-3H3,(H,18,22). The number of anilines is 1. The van der Waals surface area contributed by atoms with E-state index in [9.17, 15) is 9.59 Å². The molecule has 1 aromatic heterocycles. The van der Waals surface area contributed by atoms with Gasteiger partial charge in [0.2, 0.25) is 11.1 Å². The molecule has 0 radical (unpaired) electrons. The Morgan fingerprint density at radius 1 is 1.28 bits per heavy atom. The van der Waals surface area contributed by atoms with Crippen molar-refractivity contribution in [2.24, 2.45) is 0 Å². The largest absolute Gasteiger partial charge is 0.459 e. The lowest BCUT2D eigenvalue weighted by Gasteiger charge is -2.09. The van der Waals surface area contributed by atoms with Crippen molar-refractivity contribution in [1.29, 1.82) is 0 Å². The molecule has 0 saturated carbocycles. The van der Waals surface area contributed by atoms with Crippen LogP contribution in [0.1, 0.15) is 37.0 Å². The average Bonchev–Trinajstić information content (AvgIpc) is 2.93. The minimum absolute atomic E-state index is 0.149. The monoisotopic (exact) mass is 363 g/mol. The van der Waals surface area contributed by atoms with Gasteiger partial charge in [-0.15, -0.1) is 10.2 Å². The molecule has 0 saturated heterocycles. The summed E-state index contributed by atoms with van der Waals surface area (Å²) in [6.07, 6.45) is 0.490. The molecule has 0 fully saturated rings. The fourth-order valence-corrected chi connectivity index (χ4v) is 2.62. The molecule has 0 aliphatic heterocycles. The number of benzene rings is 1. The lowest BCUT2D eigenvalue weighted by atomic mass is 10.2. The Hall–Kier alpha value is -2.55. The number of amides is 1. The van der Waals surface area contributed by atoms with Crippen LogP contribution >= 0.6 is 11.8 Å². The highest BCUT2D eigenvalue weighted by atomic mass is 32.2. The normalized spacial score (nSPS) is 10.7. The van der Waals surface area contributed by atoms with Crippen molar-refractivity contribution in [3.8, 4) is 0 Å². The fourth-order valence-electron chi connectivity index (χ4n) is 1.95. The summed E-state index contributed by atoms with van der Waals surface area (Å²) in [5.41, 5.74) is 1.03. The van der Waals surface area contributed by atoms with Gasteiger partial charge >= 0.3 is 5.97 Å². The molecule has 134 valence electrons. The number of ether oxygens (including phenoxy) is 1. The van der Waals surface area contributed by atoms with Gasteiger partial charge in [-0.2, -0.15) is 0 Å². The molecule has 2 rings (SSSR count). The lowest BCUT2D eigenvalue weighted by Crippen LogP contribution is -2.17. The summed E-state index contributed by atoms with van der Waals surface area (Å²) < 4.78 is 6.49. The van der Waals surface area contributed by atoms with Gasteiger partial charge in [-0.1, -0.05) is 18.7 Å². The van der Waals surface area contributed by atoms with E-state index in [1.165, 1.54) is 16.4 Å². The Bertz CT molecular complexity index is 743. The molecule has 0 unspecified atom stereocenters. The first kappa shape index (κ1) is 18.8. The third-order valence-corrected chi connectivity index (χ3v) is 4.07. The van der Waals surface area contributed by atoms with Crippen molar-refractivity contribution in [3.05, 3.63) is 35.7 Å². The summed E-state index contributed by atoms with van der Waals surface area (Å²) in [6, 6.07) is 6.52. The number of carbonyl (C=O) groups excluding carboxylic acids is 2. The quantitative estimate of drug-likeness (QED) is 0.438. The van der Waals surface area contributed by atoms with Crippen LogP contribution in [-0.4, -0.2) is 38.6 Å². The maximum Gasteiger partial charge on any atom is 0.338 e. The van der Waals surface area contributed by atoms with E-state index in [0.29, 0.717) is 28.7 Å². The van der Waals surface area contributed by atoms with Crippen molar-refractivity contribution in [2.75, 3.05) is 16.9 Å². The van der Waals surface area contributed by atoms with Gasteiger partial charge in [0.05, 0.1) is 17.4 Å². The number of nitrogen functional groups attached to an aromatic ring is 1. The number of nitrogens with zero attached hydrogens (tertiary/aromatic N) is 3. The molecule has 2 aromatic rings. The summed E-state index contributed by atoms with van der Waals surface area (Å²) in [7, 11) is 0. The fraction of sp³-hybridized carbons (Fsp3) is 0.375. The molecule has 1 heterocycles. The molecule has 0 aliphatic rings.